The number of methoxy groups -OCH3 is 1. The second-order valence-corrected chi connectivity index (χ2v) is 6.14. The van der Waals surface area contributed by atoms with Crippen molar-refractivity contribution in [3.05, 3.63) is 64.6 Å². The van der Waals surface area contributed by atoms with E-state index >= 15 is 0 Å². The van der Waals surface area contributed by atoms with Gasteiger partial charge >= 0.3 is 5.97 Å². The lowest BCUT2D eigenvalue weighted by Crippen LogP contribution is -2.27. The minimum absolute atomic E-state index is 0.0527. The second-order valence-electron chi connectivity index (χ2n) is 5.15. The minimum atomic E-state index is -0.445. The first-order chi connectivity index (χ1) is 12.0. The van der Waals surface area contributed by atoms with Crippen LogP contribution in [0.15, 0.2) is 53.4 Å². The molecule has 6 nitrogen and oxygen atoms in total. The Morgan fingerprint density at radius 1 is 1.08 bits per heavy atom. The van der Waals surface area contributed by atoms with Gasteiger partial charge in [-0.1, -0.05) is 12.1 Å². The molecule has 2 aromatic rings. The summed E-state index contributed by atoms with van der Waals surface area (Å²) in [6.45, 7) is 0. The van der Waals surface area contributed by atoms with Gasteiger partial charge in [-0.3, -0.25) is 9.59 Å². The van der Waals surface area contributed by atoms with Crippen LogP contribution < -0.4 is 4.90 Å². The number of carbonyl (C=O) groups is 3. The molecule has 126 valence electrons. The number of hydrogen-bond donors (Lipinski definition) is 1. The number of carbonyl (C=O) groups excluding carboxylic acids is 3. The van der Waals surface area contributed by atoms with Crippen LogP contribution in [0.1, 0.15) is 15.9 Å². The Balaban J connectivity index is 1.85. The van der Waals surface area contributed by atoms with Crippen molar-refractivity contribution in [1.82, 2.24) is 0 Å². The lowest BCUT2D eigenvalue weighted by atomic mass is 10.1. The number of anilines is 1. The highest BCUT2D eigenvalue weighted by atomic mass is 32.2. The van der Waals surface area contributed by atoms with Crippen LogP contribution in [-0.4, -0.2) is 29.3 Å². The zero-order valence-electron chi connectivity index (χ0n) is 13.1. The van der Waals surface area contributed by atoms with Crippen molar-refractivity contribution in [2.75, 3.05) is 12.0 Å². The Bertz CT molecular complexity index is 871. The third-order valence-electron chi connectivity index (χ3n) is 3.53. The summed E-state index contributed by atoms with van der Waals surface area (Å²) in [5.74, 6) is -0.825. The van der Waals surface area contributed by atoms with E-state index in [2.05, 4.69) is 4.74 Å². The third kappa shape index (κ3) is 3.41. The van der Waals surface area contributed by atoms with Crippen molar-refractivity contribution in [3.8, 4) is 5.75 Å². The van der Waals surface area contributed by atoms with E-state index in [1.807, 2.05) is 0 Å². The number of nitrogens with zero attached hydrogens (tertiary/aromatic N) is 1. The van der Waals surface area contributed by atoms with Crippen molar-refractivity contribution in [3.63, 3.8) is 0 Å². The molecule has 0 atom stereocenters. The molecule has 2 aromatic carbocycles. The maximum absolute atomic E-state index is 12.5. The second kappa shape index (κ2) is 6.82. The molecule has 0 aliphatic carbocycles. The summed E-state index contributed by atoms with van der Waals surface area (Å²) in [4.78, 5) is 37.4. The van der Waals surface area contributed by atoms with Crippen molar-refractivity contribution < 1.29 is 24.2 Å². The smallest absolute Gasteiger partial charge is 0.337 e. The number of amides is 2. The lowest BCUT2D eigenvalue weighted by Gasteiger charge is -2.12. The Morgan fingerprint density at radius 2 is 1.72 bits per heavy atom. The molecule has 1 aliphatic heterocycles. The van der Waals surface area contributed by atoms with Gasteiger partial charge in [-0.15, -0.1) is 0 Å². The van der Waals surface area contributed by atoms with Gasteiger partial charge in [0.1, 0.15) is 5.75 Å². The number of esters is 1. The average Bonchev–Trinajstić information content (AvgIpc) is 2.89. The van der Waals surface area contributed by atoms with Crippen molar-refractivity contribution in [1.29, 1.82) is 0 Å². The number of thioether (sulfide) groups is 1. The van der Waals surface area contributed by atoms with Gasteiger partial charge in [0.15, 0.2) is 0 Å². The first-order valence-corrected chi connectivity index (χ1v) is 8.06. The fourth-order valence-corrected chi connectivity index (χ4v) is 3.12. The summed E-state index contributed by atoms with van der Waals surface area (Å²) in [5, 5.41) is 8.91. The quantitative estimate of drug-likeness (QED) is 0.671. The zero-order chi connectivity index (χ0) is 18.0. The number of phenolic OH excluding ortho intramolecular Hbond substituents is 1. The summed E-state index contributed by atoms with van der Waals surface area (Å²) >= 11 is 0.835. The fraction of sp³-hybridized carbons (Fsp3) is 0.0556. The molecule has 0 unspecified atom stereocenters. The van der Waals surface area contributed by atoms with E-state index in [0.717, 1.165) is 16.7 Å². The predicted molar refractivity (Wildman–Crippen MR) is 94.3 cm³/mol. The highest BCUT2D eigenvalue weighted by molar-refractivity contribution is 8.19. The Morgan fingerprint density at radius 3 is 2.32 bits per heavy atom. The third-order valence-corrected chi connectivity index (χ3v) is 4.40. The van der Waals surface area contributed by atoms with E-state index in [9.17, 15) is 19.5 Å². The van der Waals surface area contributed by atoms with Gasteiger partial charge in [-0.25, -0.2) is 9.69 Å². The van der Waals surface area contributed by atoms with Crippen molar-refractivity contribution in [2.24, 2.45) is 0 Å². The number of ether oxygens (including phenoxy) is 1. The number of aromatic hydroxyl groups is 1. The lowest BCUT2D eigenvalue weighted by molar-refractivity contribution is -0.113. The summed E-state index contributed by atoms with van der Waals surface area (Å²) < 4.78 is 4.63. The molecular formula is C18H13NO5S. The standard InChI is InChI=1S/C18H13NO5S/c1-24-17(22)12-4-2-11(3-5-12)10-15-16(21)19(18(23)25-15)13-6-8-14(20)9-7-13/h2-10,20H,1H3/b15-10-. The number of imide groups is 1. The van der Waals surface area contributed by atoms with E-state index in [1.54, 1.807) is 30.3 Å². The molecule has 0 radical (unpaired) electrons. The Kier molecular flexibility index (Phi) is 4.58. The number of benzene rings is 2. The Labute approximate surface area is 147 Å². The van der Waals surface area contributed by atoms with Gasteiger partial charge in [-0.2, -0.15) is 0 Å². The van der Waals surface area contributed by atoms with Crippen molar-refractivity contribution in [2.45, 2.75) is 0 Å². The van der Waals surface area contributed by atoms with Crippen LogP contribution in [0, 0.1) is 0 Å². The average molecular weight is 355 g/mol. The Hall–Kier alpha value is -3.06. The van der Waals surface area contributed by atoms with Crippen LogP contribution in [0.5, 0.6) is 5.75 Å². The van der Waals surface area contributed by atoms with Gasteiger partial charge in [0, 0.05) is 0 Å². The van der Waals surface area contributed by atoms with Crippen LogP contribution in [-0.2, 0) is 9.53 Å². The number of hydrogen-bond acceptors (Lipinski definition) is 6. The topological polar surface area (TPSA) is 83.9 Å². The molecule has 0 saturated carbocycles. The fourth-order valence-electron chi connectivity index (χ4n) is 2.28. The molecule has 2 amide bonds. The predicted octanol–water partition coefficient (Wildman–Crippen LogP) is 3.42. The van der Waals surface area contributed by atoms with Gasteiger partial charge in [-0.05, 0) is 59.8 Å². The van der Waals surface area contributed by atoms with E-state index < -0.39 is 17.1 Å². The molecule has 1 aliphatic rings. The highest BCUT2D eigenvalue weighted by Crippen LogP contribution is 2.36. The van der Waals surface area contributed by atoms with Gasteiger partial charge in [0.25, 0.3) is 11.1 Å². The molecule has 0 aromatic heterocycles. The normalized spacial score (nSPS) is 15.7. The zero-order valence-corrected chi connectivity index (χ0v) is 13.9. The maximum atomic E-state index is 12.5. The number of rotatable bonds is 3. The van der Waals surface area contributed by atoms with E-state index in [4.69, 9.17) is 0 Å². The molecular weight excluding hydrogens is 342 g/mol. The summed E-state index contributed by atoms with van der Waals surface area (Å²) in [6, 6.07) is 12.3. The molecule has 1 fully saturated rings. The molecule has 1 heterocycles. The summed E-state index contributed by atoms with van der Waals surface area (Å²) in [6.07, 6.45) is 1.59. The van der Waals surface area contributed by atoms with Crippen LogP contribution >= 0.6 is 11.8 Å². The highest BCUT2D eigenvalue weighted by Gasteiger charge is 2.36. The summed E-state index contributed by atoms with van der Waals surface area (Å²) in [7, 11) is 1.30. The van der Waals surface area contributed by atoms with E-state index in [-0.39, 0.29) is 10.7 Å². The molecule has 3 rings (SSSR count). The largest absolute Gasteiger partial charge is 0.508 e. The van der Waals surface area contributed by atoms with Gasteiger partial charge in [0.2, 0.25) is 0 Å². The first kappa shape index (κ1) is 16.8. The first-order valence-electron chi connectivity index (χ1n) is 7.25. The molecule has 1 N–H and O–H groups in total. The van der Waals surface area contributed by atoms with E-state index in [1.165, 1.54) is 31.4 Å². The van der Waals surface area contributed by atoms with Crippen LogP contribution in [0.4, 0.5) is 10.5 Å². The van der Waals surface area contributed by atoms with Crippen LogP contribution in [0.3, 0.4) is 0 Å². The van der Waals surface area contributed by atoms with Crippen molar-refractivity contribution >= 4 is 40.6 Å². The molecule has 25 heavy (non-hydrogen) atoms. The van der Waals surface area contributed by atoms with Gasteiger partial charge < -0.3 is 9.84 Å². The van der Waals surface area contributed by atoms with Crippen LogP contribution in [0.2, 0.25) is 0 Å². The maximum Gasteiger partial charge on any atom is 0.337 e. The molecule has 7 heteroatoms. The summed E-state index contributed by atoms with van der Waals surface area (Å²) in [5.41, 5.74) is 1.48. The molecule has 0 spiro atoms. The number of phenols is 1. The van der Waals surface area contributed by atoms with E-state index in [0.29, 0.717) is 16.8 Å². The van der Waals surface area contributed by atoms with Gasteiger partial charge in [0.05, 0.1) is 23.3 Å². The minimum Gasteiger partial charge on any atom is -0.508 e. The van der Waals surface area contributed by atoms with Crippen LogP contribution in [0.25, 0.3) is 6.08 Å². The molecule has 0 bridgehead atoms. The SMILES string of the molecule is COC(=O)c1ccc(/C=C2\SC(=O)N(c3ccc(O)cc3)C2=O)cc1. The molecule has 1 saturated heterocycles. The monoisotopic (exact) mass is 355 g/mol.